The standard InChI is InChI=1S/C9H17NO3/c1-12-7-6-10-5-3-4-8(10)9(11)13-2/h8H,3-7H2,1-2H3. The van der Waals surface area contributed by atoms with Gasteiger partial charge >= 0.3 is 5.97 Å². The van der Waals surface area contributed by atoms with Crippen molar-refractivity contribution in [3.63, 3.8) is 0 Å². The molecule has 0 amide bonds. The van der Waals surface area contributed by atoms with E-state index in [9.17, 15) is 4.79 Å². The molecule has 0 N–H and O–H groups in total. The largest absolute Gasteiger partial charge is 0.468 e. The van der Waals surface area contributed by atoms with Gasteiger partial charge in [0.25, 0.3) is 0 Å². The van der Waals surface area contributed by atoms with Crippen molar-refractivity contribution in [1.29, 1.82) is 0 Å². The number of ether oxygens (including phenoxy) is 2. The Labute approximate surface area is 78.8 Å². The second-order valence-electron chi connectivity index (χ2n) is 3.21. The molecule has 0 spiro atoms. The highest BCUT2D eigenvalue weighted by atomic mass is 16.5. The third kappa shape index (κ3) is 2.67. The van der Waals surface area contributed by atoms with Crippen LogP contribution in [-0.2, 0) is 14.3 Å². The Balaban J connectivity index is 2.39. The van der Waals surface area contributed by atoms with Crippen molar-refractivity contribution in [2.24, 2.45) is 0 Å². The van der Waals surface area contributed by atoms with E-state index in [0.717, 1.165) is 25.9 Å². The molecule has 1 rings (SSSR count). The van der Waals surface area contributed by atoms with Crippen LogP contribution in [-0.4, -0.2) is 50.8 Å². The van der Waals surface area contributed by atoms with Gasteiger partial charge in [0.15, 0.2) is 0 Å². The fourth-order valence-corrected chi connectivity index (χ4v) is 1.71. The van der Waals surface area contributed by atoms with E-state index in [-0.39, 0.29) is 12.0 Å². The summed E-state index contributed by atoms with van der Waals surface area (Å²) in [4.78, 5) is 13.4. The summed E-state index contributed by atoms with van der Waals surface area (Å²) in [7, 11) is 3.11. The number of hydrogen-bond donors (Lipinski definition) is 0. The molecule has 1 saturated heterocycles. The fourth-order valence-electron chi connectivity index (χ4n) is 1.71. The topological polar surface area (TPSA) is 38.8 Å². The molecule has 0 aromatic rings. The number of carbonyl (C=O) groups excluding carboxylic acids is 1. The molecule has 0 bridgehead atoms. The van der Waals surface area contributed by atoms with E-state index >= 15 is 0 Å². The Morgan fingerprint density at radius 3 is 2.92 bits per heavy atom. The van der Waals surface area contributed by atoms with E-state index in [1.54, 1.807) is 7.11 Å². The average Bonchev–Trinajstić information content (AvgIpc) is 2.61. The predicted octanol–water partition coefficient (Wildman–Crippen LogP) is 0.270. The Bertz CT molecular complexity index is 172. The van der Waals surface area contributed by atoms with Crippen LogP contribution in [0.5, 0.6) is 0 Å². The van der Waals surface area contributed by atoms with Gasteiger partial charge < -0.3 is 9.47 Å². The predicted molar refractivity (Wildman–Crippen MR) is 48.5 cm³/mol. The second kappa shape index (κ2) is 5.19. The van der Waals surface area contributed by atoms with Gasteiger partial charge in [0.05, 0.1) is 13.7 Å². The van der Waals surface area contributed by atoms with Crippen molar-refractivity contribution >= 4 is 5.97 Å². The van der Waals surface area contributed by atoms with Crippen LogP contribution in [0.2, 0.25) is 0 Å². The first-order valence-corrected chi connectivity index (χ1v) is 4.60. The Morgan fingerprint density at radius 1 is 1.54 bits per heavy atom. The number of methoxy groups -OCH3 is 2. The number of hydrogen-bond acceptors (Lipinski definition) is 4. The van der Waals surface area contributed by atoms with Crippen LogP contribution in [0.1, 0.15) is 12.8 Å². The zero-order valence-corrected chi connectivity index (χ0v) is 8.28. The van der Waals surface area contributed by atoms with Crippen molar-refractivity contribution in [3.8, 4) is 0 Å². The van der Waals surface area contributed by atoms with Crippen molar-refractivity contribution in [1.82, 2.24) is 4.90 Å². The first kappa shape index (κ1) is 10.5. The summed E-state index contributed by atoms with van der Waals surface area (Å²) in [5, 5.41) is 0. The molecule has 4 heteroatoms. The Kier molecular flexibility index (Phi) is 4.18. The van der Waals surface area contributed by atoms with E-state index in [1.807, 2.05) is 0 Å². The van der Waals surface area contributed by atoms with Gasteiger partial charge in [-0.25, -0.2) is 0 Å². The van der Waals surface area contributed by atoms with Gasteiger partial charge in [-0.1, -0.05) is 0 Å². The highest BCUT2D eigenvalue weighted by Gasteiger charge is 2.30. The molecule has 1 unspecified atom stereocenters. The number of esters is 1. The van der Waals surface area contributed by atoms with Crippen LogP contribution >= 0.6 is 0 Å². The first-order valence-electron chi connectivity index (χ1n) is 4.60. The molecule has 1 atom stereocenters. The maximum atomic E-state index is 11.3. The Hall–Kier alpha value is -0.610. The number of rotatable bonds is 4. The lowest BCUT2D eigenvalue weighted by Gasteiger charge is -2.21. The van der Waals surface area contributed by atoms with Gasteiger partial charge in [-0.2, -0.15) is 0 Å². The lowest BCUT2D eigenvalue weighted by molar-refractivity contribution is -0.146. The highest BCUT2D eigenvalue weighted by Crippen LogP contribution is 2.17. The van der Waals surface area contributed by atoms with Crippen molar-refractivity contribution in [3.05, 3.63) is 0 Å². The van der Waals surface area contributed by atoms with Crippen LogP contribution in [0.15, 0.2) is 0 Å². The zero-order chi connectivity index (χ0) is 9.68. The molecule has 4 nitrogen and oxygen atoms in total. The fraction of sp³-hybridized carbons (Fsp3) is 0.889. The lowest BCUT2D eigenvalue weighted by Crippen LogP contribution is -2.38. The van der Waals surface area contributed by atoms with Crippen LogP contribution in [0.3, 0.4) is 0 Å². The molecule has 0 aromatic carbocycles. The molecule has 1 fully saturated rings. The summed E-state index contributed by atoms with van der Waals surface area (Å²) in [6.07, 6.45) is 1.99. The number of nitrogens with zero attached hydrogens (tertiary/aromatic N) is 1. The SMILES string of the molecule is COCCN1CCCC1C(=O)OC. The van der Waals surface area contributed by atoms with Crippen LogP contribution in [0, 0.1) is 0 Å². The molecular formula is C9H17NO3. The number of likely N-dealkylation sites (tertiary alicyclic amines) is 1. The minimum Gasteiger partial charge on any atom is -0.468 e. The molecule has 1 heterocycles. The molecule has 13 heavy (non-hydrogen) atoms. The first-order chi connectivity index (χ1) is 6.29. The molecule has 0 saturated carbocycles. The molecule has 1 aliphatic heterocycles. The van der Waals surface area contributed by atoms with Crippen LogP contribution in [0.4, 0.5) is 0 Å². The van der Waals surface area contributed by atoms with Crippen LogP contribution in [0.25, 0.3) is 0 Å². The summed E-state index contributed by atoms with van der Waals surface area (Å²) in [5.74, 6) is -0.117. The van der Waals surface area contributed by atoms with Gasteiger partial charge in [-0.3, -0.25) is 9.69 Å². The third-order valence-electron chi connectivity index (χ3n) is 2.42. The summed E-state index contributed by atoms with van der Waals surface area (Å²) in [6.45, 7) is 2.47. The van der Waals surface area contributed by atoms with Crippen molar-refractivity contribution < 1.29 is 14.3 Å². The van der Waals surface area contributed by atoms with E-state index in [2.05, 4.69) is 4.90 Å². The average molecular weight is 187 g/mol. The van der Waals surface area contributed by atoms with Gasteiger partial charge in [0.1, 0.15) is 6.04 Å². The van der Waals surface area contributed by atoms with E-state index in [4.69, 9.17) is 9.47 Å². The molecule has 1 aliphatic rings. The van der Waals surface area contributed by atoms with Crippen LogP contribution < -0.4 is 0 Å². The molecule has 0 radical (unpaired) electrons. The molecule has 0 aliphatic carbocycles. The maximum absolute atomic E-state index is 11.3. The van der Waals surface area contributed by atoms with Crippen molar-refractivity contribution in [2.75, 3.05) is 33.9 Å². The summed E-state index contributed by atoms with van der Waals surface area (Å²) >= 11 is 0. The molecule has 0 aromatic heterocycles. The quantitative estimate of drug-likeness (QED) is 0.592. The van der Waals surface area contributed by atoms with Gasteiger partial charge in [0, 0.05) is 13.7 Å². The lowest BCUT2D eigenvalue weighted by atomic mass is 10.2. The smallest absolute Gasteiger partial charge is 0.323 e. The minimum atomic E-state index is -0.117. The van der Waals surface area contributed by atoms with E-state index in [0.29, 0.717) is 6.61 Å². The van der Waals surface area contributed by atoms with Crippen molar-refractivity contribution in [2.45, 2.75) is 18.9 Å². The monoisotopic (exact) mass is 187 g/mol. The van der Waals surface area contributed by atoms with E-state index in [1.165, 1.54) is 7.11 Å². The van der Waals surface area contributed by atoms with E-state index < -0.39 is 0 Å². The molecule has 76 valence electrons. The van der Waals surface area contributed by atoms with Gasteiger partial charge in [-0.05, 0) is 19.4 Å². The minimum absolute atomic E-state index is 0.0415. The zero-order valence-electron chi connectivity index (χ0n) is 8.28. The normalized spacial score (nSPS) is 23.4. The van der Waals surface area contributed by atoms with Gasteiger partial charge in [-0.15, -0.1) is 0 Å². The third-order valence-corrected chi connectivity index (χ3v) is 2.42. The Morgan fingerprint density at radius 2 is 2.31 bits per heavy atom. The molecular weight excluding hydrogens is 170 g/mol. The number of carbonyl (C=O) groups is 1. The maximum Gasteiger partial charge on any atom is 0.323 e. The second-order valence-corrected chi connectivity index (χ2v) is 3.21. The highest BCUT2D eigenvalue weighted by molar-refractivity contribution is 5.75. The summed E-state index contributed by atoms with van der Waals surface area (Å²) in [5.41, 5.74) is 0. The van der Waals surface area contributed by atoms with Gasteiger partial charge in [0.2, 0.25) is 0 Å². The summed E-state index contributed by atoms with van der Waals surface area (Å²) in [6, 6.07) is -0.0415. The summed E-state index contributed by atoms with van der Waals surface area (Å²) < 4.78 is 9.69.